The molecule has 0 radical (unpaired) electrons. The van der Waals surface area contributed by atoms with Gasteiger partial charge in [-0.15, -0.1) is 24.0 Å². The number of halogens is 1. The van der Waals surface area contributed by atoms with Crippen LogP contribution in [0.25, 0.3) is 0 Å². The lowest BCUT2D eigenvalue weighted by molar-refractivity contribution is -0.147. The second kappa shape index (κ2) is 10.6. The van der Waals surface area contributed by atoms with Gasteiger partial charge in [-0.05, 0) is 20.3 Å². The van der Waals surface area contributed by atoms with Gasteiger partial charge in [-0.2, -0.15) is 11.8 Å². The Labute approximate surface area is 136 Å². The van der Waals surface area contributed by atoms with Crippen LogP contribution in [0.15, 0.2) is 4.99 Å². The molecule has 1 aliphatic heterocycles. The van der Waals surface area contributed by atoms with Gasteiger partial charge in [0.2, 0.25) is 0 Å². The molecule has 19 heavy (non-hydrogen) atoms. The van der Waals surface area contributed by atoms with Crippen LogP contribution < -0.4 is 5.73 Å². The van der Waals surface area contributed by atoms with Gasteiger partial charge in [0.1, 0.15) is 0 Å². The number of guanidine groups is 1. The highest BCUT2D eigenvalue weighted by Gasteiger charge is 2.11. The fraction of sp³-hybridized carbons (Fsp3) is 0.833. The number of aliphatic imine (C=N–C) groups is 1. The summed E-state index contributed by atoms with van der Waals surface area (Å²) in [4.78, 5) is 17.7. The Bertz CT molecular complexity index is 295. The summed E-state index contributed by atoms with van der Waals surface area (Å²) in [5.41, 5.74) is 5.90. The van der Waals surface area contributed by atoms with E-state index in [1.165, 1.54) is 0 Å². The van der Waals surface area contributed by atoms with Crippen molar-refractivity contribution in [2.45, 2.75) is 32.8 Å². The summed E-state index contributed by atoms with van der Waals surface area (Å²) in [5.74, 6) is 2.66. The lowest BCUT2D eigenvalue weighted by atomic mass is 10.3. The van der Waals surface area contributed by atoms with Crippen LogP contribution in [0.5, 0.6) is 0 Å². The number of nitrogens with zero attached hydrogens (tertiary/aromatic N) is 2. The monoisotopic (exact) mass is 401 g/mol. The summed E-state index contributed by atoms with van der Waals surface area (Å²) in [5, 5.41) is 0. The number of thioether (sulfide) groups is 1. The fourth-order valence-electron chi connectivity index (χ4n) is 1.63. The first kappa shape index (κ1) is 18.8. The third kappa shape index (κ3) is 8.56. The molecule has 0 unspecified atom stereocenters. The number of carbonyl (C=O) groups excluding carboxylic acids is 1. The average Bonchev–Trinajstić information content (AvgIpc) is 2.34. The zero-order valence-corrected chi connectivity index (χ0v) is 14.8. The topological polar surface area (TPSA) is 67.9 Å². The van der Waals surface area contributed by atoms with E-state index in [1.807, 2.05) is 25.6 Å². The number of ether oxygens (including phenoxy) is 1. The van der Waals surface area contributed by atoms with Crippen molar-refractivity contribution in [3.05, 3.63) is 0 Å². The molecule has 1 heterocycles. The van der Waals surface area contributed by atoms with E-state index < -0.39 is 0 Å². The second-order valence-corrected chi connectivity index (χ2v) is 5.71. The molecule has 0 saturated carbocycles. The fourth-order valence-corrected chi connectivity index (χ4v) is 2.53. The Morgan fingerprint density at radius 1 is 1.42 bits per heavy atom. The molecule has 1 saturated heterocycles. The molecule has 0 spiro atoms. The summed E-state index contributed by atoms with van der Waals surface area (Å²) in [6, 6.07) is 0. The van der Waals surface area contributed by atoms with Crippen molar-refractivity contribution in [3.63, 3.8) is 0 Å². The minimum Gasteiger partial charge on any atom is -0.463 e. The molecule has 0 aromatic heterocycles. The van der Waals surface area contributed by atoms with Gasteiger partial charge >= 0.3 is 5.97 Å². The van der Waals surface area contributed by atoms with Crippen molar-refractivity contribution in [1.82, 2.24) is 4.90 Å². The molecule has 1 aliphatic rings. The van der Waals surface area contributed by atoms with Crippen LogP contribution in [-0.2, 0) is 9.53 Å². The molecule has 1 fully saturated rings. The SMILES string of the molecule is CC(C)OC(=O)CCCN=C(N)N1CCSCC1.I. The molecule has 2 N–H and O–H groups in total. The van der Waals surface area contributed by atoms with Crippen molar-refractivity contribution in [1.29, 1.82) is 0 Å². The van der Waals surface area contributed by atoms with E-state index in [-0.39, 0.29) is 36.0 Å². The van der Waals surface area contributed by atoms with Gasteiger partial charge in [-0.1, -0.05) is 0 Å². The normalized spacial score (nSPS) is 16.2. The van der Waals surface area contributed by atoms with E-state index in [1.54, 1.807) is 0 Å². The van der Waals surface area contributed by atoms with E-state index in [4.69, 9.17) is 10.5 Å². The molecular weight excluding hydrogens is 377 g/mol. The van der Waals surface area contributed by atoms with E-state index in [0.717, 1.165) is 24.6 Å². The first-order valence-corrected chi connectivity index (χ1v) is 7.57. The molecule has 1 rings (SSSR count). The van der Waals surface area contributed by atoms with Gasteiger partial charge in [0.15, 0.2) is 5.96 Å². The van der Waals surface area contributed by atoms with Crippen LogP contribution in [-0.4, -0.2) is 54.1 Å². The quantitative estimate of drug-likeness (QED) is 0.250. The van der Waals surface area contributed by atoms with E-state index in [0.29, 0.717) is 25.3 Å². The maximum Gasteiger partial charge on any atom is 0.306 e. The van der Waals surface area contributed by atoms with Crippen molar-refractivity contribution in [2.24, 2.45) is 10.7 Å². The van der Waals surface area contributed by atoms with Gasteiger partial charge < -0.3 is 15.4 Å². The molecule has 0 amide bonds. The highest BCUT2D eigenvalue weighted by molar-refractivity contribution is 14.0. The Balaban J connectivity index is 0.00000324. The first-order valence-electron chi connectivity index (χ1n) is 6.41. The maximum atomic E-state index is 11.3. The van der Waals surface area contributed by atoms with Gasteiger partial charge in [-0.25, -0.2) is 0 Å². The lowest BCUT2D eigenvalue weighted by Gasteiger charge is -2.27. The number of hydrogen-bond acceptors (Lipinski definition) is 4. The van der Waals surface area contributed by atoms with E-state index in [9.17, 15) is 4.79 Å². The molecule has 112 valence electrons. The third-order valence-electron chi connectivity index (χ3n) is 2.52. The Morgan fingerprint density at radius 2 is 2.05 bits per heavy atom. The van der Waals surface area contributed by atoms with E-state index in [2.05, 4.69) is 9.89 Å². The summed E-state index contributed by atoms with van der Waals surface area (Å²) < 4.78 is 5.04. The minimum atomic E-state index is -0.159. The second-order valence-electron chi connectivity index (χ2n) is 4.48. The first-order chi connectivity index (χ1) is 8.59. The van der Waals surface area contributed by atoms with Crippen molar-refractivity contribution >= 4 is 47.7 Å². The predicted octanol–water partition coefficient (Wildman–Crippen LogP) is 1.70. The van der Waals surface area contributed by atoms with Crippen LogP contribution in [0.2, 0.25) is 0 Å². The standard InChI is InChI=1S/C12H23N3O2S.HI/c1-10(2)17-11(16)4-3-5-14-12(13)15-6-8-18-9-7-15;/h10H,3-9H2,1-2H3,(H2,13,14);1H. The zero-order valence-electron chi connectivity index (χ0n) is 11.6. The molecule has 0 bridgehead atoms. The number of rotatable bonds is 5. The highest BCUT2D eigenvalue weighted by atomic mass is 127. The largest absolute Gasteiger partial charge is 0.463 e. The number of carbonyl (C=O) groups is 1. The van der Waals surface area contributed by atoms with E-state index >= 15 is 0 Å². The van der Waals surface area contributed by atoms with Crippen LogP contribution in [0.3, 0.4) is 0 Å². The summed E-state index contributed by atoms with van der Waals surface area (Å²) >= 11 is 1.94. The number of nitrogens with two attached hydrogens (primary N) is 1. The average molecular weight is 401 g/mol. The minimum absolute atomic E-state index is 0. The Kier molecular flexibility index (Phi) is 10.5. The summed E-state index contributed by atoms with van der Waals surface area (Å²) in [7, 11) is 0. The van der Waals surface area contributed by atoms with Gasteiger partial charge in [0, 0.05) is 37.6 Å². The van der Waals surface area contributed by atoms with Gasteiger partial charge in [0.05, 0.1) is 6.10 Å². The lowest BCUT2D eigenvalue weighted by Crippen LogP contribution is -2.42. The molecule has 0 aliphatic carbocycles. The Hall–Kier alpha value is -0.180. The smallest absolute Gasteiger partial charge is 0.306 e. The molecular formula is C12H24IN3O2S. The van der Waals surface area contributed by atoms with Crippen molar-refractivity contribution < 1.29 is 9.53 Å². The zero-order chi connectivity index (χ0) is 13.4. The molecule has 0 atom stereocenters. The number of esters is 1. The summed E-state index contributed by atoms with van der Waals surface area (Å²) in [6.07, 6.45) is 1.05. The highest BCUT2D eigenvalue weighted by Crippen LogP contribution is 2.08. The Morgan fingerprint density at radius 3 is 2.63 bits per heavy atom. The van der Waals surface area contributed by atoms with Crippen LogP contribution in [0.1, 0.15) is 26.7 Å². The molecule has 0 aromatic carbocycles. The molecule has 0 aromatic rings. The third-order valence-corrected chi connectivity index (χ3v) is 3.46. The van der Waals surface area contributed by atoms with Gasteiger partial charge in [-0.3, -0.25) is 9.79 Å². The predicted molar refractivity (Wildman–Crippen MR) is 91.3 cm³/mol. The van der Waals surface area contributed by atoms with Crippen molar-refractivity contribution in [3.8, 4) is 0 Å². The van der Waals surface area contributed by atoms with Crippen LogP contribution in [0, 0.1) is 0 Å². The molecule has 7 heteroatoms. The number of hydrogen-bond donors (Lipinski definition) is 1. The molecule has 5 nitrogen and oxygen atoms in total. The summed E-state index contributed by atoms with van der Waals surface area (Å²) in [6.45, 7) is 6.22. The maximum absolute atomic E-state index is 11.3. The van der Waals surface area contributed by atoms with Crippen LogP contribution >= 0.6 is 35.7 Å². The van der Waals surface area contributed by atoms with Crippen molar-refractivity contribution in [2.75, 3.05) is 31.1 Å². The van der Waals surface area contributed by atoms with Crippen LogP contribution in [0.4, 0.5) is 0 Å². The van der Waals surface area contributed by atoms with Gasteiger partial charge in [0.25, 0.3) is 0 Å².